The Morgan fingerprint density at radius 2 is 1.67 bits per heavy atom. The van der Waals surface area contributed by atoms with E-state index in [0.717, 1.165) is 25.7 Å². The summed E-state index contributed by atoms with van der Waals surface area (Å²) in [6.45, 7) is 4.66. The molecule has 4 N–H and O–H groups in total. The van der Waals surface area contributed by atoms with Crippen molar-refractivity contribution in [3.8, 4) is 0 Å². The summed E-state index contributed by atoms with van der Waals surface area (Å²) in [7, 11) is 0. The molecule has 0 amide bonds. The van der Waals surface area contributed by atoms with Crippen LogP contribution >= 0.6 is 0 Å². The van der Waals surface area contributed by atoms with E-state index in [1.807, 2.05) is 18.2 Å². The zero-order valence-corrected chi connectivity index (χ0v) is 21.3. The van der Waals surface area contributed by atoms with Crippen LogP contribution in [0.25, 0.3) is 0 Å². The molecule has 0 saturated carbocycles. The Kier molecular flexibility index (Phi) is 13.1. The van der Waals surface area contributed by atoms with Crippen molar-refractivity contribution < 1.29 is 23.8 Å². The molecule has 2 heterocycles. The van der Waals surface area contributed by atoms with Crippen LogP contribution in [0.2, 0.25) is 0 Å². The van der Waals surface area contributed by atoms with Crippen LogP contribution in [-0.4, -0.2) is 48.2 Å². The number of H-pyrrole nitrogens is 1. The molecule has 200 valence electrons. The molecule has 0 aromatic carbocycles. The second kappa shape index (κ2) is 16.4. The van der Waals surface area contributed by atoms with E-state index < -0.39 is 17.9 Å². The second-order valence-corrected chi connectivity index (χ2v) is 8.29. The van der Waals surface area contributed by atoms with E-state index in [4.69, 9.17) is 19.9 Å². The third kappa shape index (κ3) is 10.1. The predicted octanol–water partition coefficient (Wildman–Crippen LogP) is 3.59. The summed E-state index contributed by atoms with van der Waals surface area (Å²) in [5.74, 6) is -0.545. The molecule has 1 aromatic heterocycles. The molecular formula is C25H39N5O6. The first kappa shape index (κ1) is 28.9. The SMILES string of the molecule is CCCC=CCCC(=O)OCCCOC(OC(=O)CCC=CCCC)N1CNc2c1nc(N)[nH]c2=O. The van der Waals surface area contributed by atoms with Crippen LogP contribution in [0, 0.1) is 0 Å². The molecule has 0 radical (unpaired) electrons. The first-order chi connectivity index (χ1) is 17.5. The molecule has 36 heavy (non-hydrogen) atoms. The van der Waals surface area contributed by atoms with Crippen LogP contribution in [0.1, 0.15) is 71.6 Å². The van der Waals surface area contributed by atoms with E-state index in [1.165, 1.54) is 4.90 Å². The van der Waals surface area contributed by atoms with Crippen LogP contribution in [0.5, 0.6) is 0 Å². The van der Waals surface area contributed by atoms with Gasteiger partial charge in [0.25, 0.3) is 12.0 Å². The molecule has 2 rings (SSSR count). The number of nitrogens with two attached hydrogens (primary N) is 1. The Morgan fingerprint density at radius 1 is 1.03 bits per heavy atom. The van der Waals surface area contributed by atoms with Gasteiger partial charge in [0.2, 0.25) is 5.95 Å². The van der Waals surface area contributed by atoms with E-state index in [1.54, 1.807) is 0 Å². The van der Waals surface area contributed by atoms with Crippen LogP contribution in [-0.2, 0) is 23.8 Å². The van der Waals surface area contributed by atoms with Gasteiger partial charge in [-0.1, -0.05) is 51.0 Å². The number of nitrogens with zero attached hydrogens (tertiary/aromatic N) is 2. The summed E-state index contributed by atoms with van der Waals surface area (Å²) < 4.78 is 16.6. The number of nitrogen functional groups attached to an aromatic ring is 1. The lowest BCUT2D eigenvalue weighted by molar-refractivity contribution is -0.179. The molecule has 0 spiro atoms. The summed E-state index contributed by atoms with van der Waals surface area (Å²) in [5.41, 5.74) is 5.49. The maximum Gasteiger partial charge on any atom is 0.309 e. The lowest BCUT2D eigenvalue weighted by Crippen LogP contribution is -2.41. The van der Waals surface area contributed by atoms with Crippen molar-refractivity contribution in [1.82, 2.24) is 9.97 Å². The minimum absolute atomic E-state index is 0.0601. The summed E-state index contributed by atoms with van der Waals surface area (Å²) >= 11 is 0. The summed E-state index contributed by atoms with van der Waals surface area (Å²) in [6.07, 6.45) is 13.1. The van der Waals surface area contributed by atoms with Crippen molar-refractivity contribution in [2.45, 2.75) is 78.0 Å². The highest BCUT2D eigenvalue weighted by Crippen LogP contribution is 2.28. The van der Waals surface area contributed by atoms with Crippen LogP contribution < -0.4 is 21.5 Å². The lowest BCUT2D eigenvalue weighted by atomic mass is 10.2. The largest absolute Gasteiger partial charge is 0.466 e. The fourth-order valence-electron chi connectivity index (χ4n) is 3.33. The smallest absolute Gasteiger partial charge is 0.309 e. The number of carbonyl (C=O) groups excluding carboxylic acids is 2. The van der Waals surface area contributed by atoms with Crippen molar-refractivity contribution in [2.24, 2.45) is 0 Å². The number of hydrogen-bond acceptors (Lipinski definition) is 10. The second-order valence-electron chi connectivity index (χ2n) is 8.29. The van der Waals surface area contributed by atoms with Gasteiger partial charge in [-0.25, -0.2) is 0 Å². The number of fused-ring (bicyclic) bond motifs is 1. The first-order valence-electron chi connectivity index (χ1n) is 12.6. The van der Waals surface area contributed by atoms with E-state index in [2.05, 4.69) is 35.2 Å². The molecule has 11 heteroatoms. The van der Waals surface area contributed by atoms with E-state index in [-0.39, 0.29) is 49.7 Å². The first-order valence-corrected chi connectivity index (χ1v) is 12.6. The Labute approximate surface area is 212 Å². The monoisotopic (exact) mass is 505 g/mol. The number of anilines is 3. The van der Waals surface area contributed by atoms with Gasteiger partial charge in [0.15, 0.2) is 5.82 Å². The van der Waals surface area contributed by atoms with Crippen LogP contribution in [0.15, 0.2) is 29.1 Å². The highest BCUT2D eigenvalue weighted by molar-refractivity contribution is 5.73. The van der Waals surface area contributed by atoms with Gasteiger partial charge >= 0.3 is 11.9 Å². The fourth-order valence-corrected chi connectivity index (χ4v) is 3.33. The Bertz CT molecular complexity index is 945. The van der Waals surface area contributed by atoms with Crippen LogP contribution in [0.4, 0.5) is 17.5 Å². The van der Waals surface area contributed by atoms with Gasteiger partial charge in [-0.3, -0.25) is 24.3 Å². The predicted molar refractivity (Wildman–Crippen MR) is 138 cm³/mol. The van der Waals surface area contributed by atoms with Gasteiger partial charge in [0.1, 0.15) is 5.69 Å². The molecule has 1 aromatic rings. The number of carbonyl (C=O) groups is 2. The topological polar surface area (TPSA) is 149 Å². The van der Waals surface area contributed by atoms with Crippen molar-refractivity contribution in [3.63, 3.8) is 0 Å². The molecule has 1 aliphatic rings. The van der Waals surface area contributed by atoms with Crippen LogP contribution in [0.3, 0.4) is 0 Å². The number of ether oxygens (including phenoxy) is 3. The average molecular weight is 506 g/mol. The summed E-state index contributed by atoms with van der Waals surface area (Å²) in [5, 5.41) is 2.92. The standard InChI is InChI=1S/C25H39N5O6/c1-3-5-7-9-11-14-19(31)34-16-13-17-35-25(36-20(32)15-12-10-8-6-4-2)30-18-27-21-22(30)28-24(26)29-23(21)33/h7-10,25,27H,3-6,11-18H2,1-2H3,(H3,26,28,29,33). The Morgan fingerprint density at radius 3 is 2.33 bits per heavy atom. The third-order valence-corrected chi connectivity index (χ3v) is 5.19. The number of esters is 2. The maximum atomic E-state index is 12.5. The van der Waals surface area contributed by atoms with Crippen molar-refractivity contribution in [1.29, 1.82) is 0 Å². The van der Waals surface area contributed by atoms with Gasteiger partial charge in [-0.05, 0) is 25.7 Å². The summed E-state index contributed by atoms with van der Waals surface area (Å²) in [4.78, 5) is 44.6. The van der Waals surface area contributed by atoms with Gasteiger partial charge in [-0.15, -0.1) is 0 Å². The highest BCUT2D eigenvalue weighted by Gasteiger charge is 2.32. The highest BCUT2D eigenvalue weighted by atomic mass is 16.7. The molecule has 1 atom stereocenters. The number of allylic oxidation sites excluding steroid dienone is 4. The van der Waals surface area contributed by atoms with Crippen molar-refractivity contribution in [2.75, 3.05) is 35.8 Å². The lowest BCUT2D eigenvalue weighted by Gasteiger charge is -2.27. The number of aromatic amines is 1. The zero-order chi connectivity index (χ0) is 26.2. The normalized spacial score (nSPS) is 13.7. The molecule has 1 aliphatic heterocycles. The van der Waals surface area contributed by atoms with Crippen molar-refractivity contribution in [3.05, 3.63) is 34.7 Å². The van der Waals surface area contributed by atoms with E-state index in [9.17, 15) is 14.4 Å². The van der Waals surface area contributed by atoms with Crippen molar-refractivity contribution >= 4 is 29.4 Å². The van der Waals surface area contributed by atoms with E-state index >= 15 is 0 Å². The number of aromatic nitrogens is 2. The van der Waals surface area contributed by atoms with Gasteiger partial charge in [0, 0.05) is 19.3 Å². The minimum Gasteiger partial charge on any atom is -0.466 e. The number of nitrogens with one attached hydrogen (secondary N) is 2. The quantitative estimate of drug-likeness (QED) is 0.124. The fraction of sp³-hybridized carbons (Fsp3) is 0.600. The van der Waals surface area contributed by atoms with Gasteiger partial charge in [-0.2, -0.15) is 4.98 Å². The third-order valence-electron chi connectivity index (χ3n) is 5.19. The van der Waals surface area contributed by atoms with Gasteiger partial charge < -0.3 is 25.3 Å². The molecule has 0 aliphatic carbocycles. The number of hydrogen-bond donors (Lipinski definition) is 3. The maximum absolute atomic E-state index is 12.5. The average Bonchev–Trinajstić information content (AvgIpc) is 3.27. The molecular weight excluding hydrogens is 466 g/mol. The minimum atomic E-state index is -1.13. The number of unbranched alkanes of at least 4 members (excludes halogenated alkanes) is 2. The van der Waals surface area contributed by atoms with E-state index in [0.29, 0.717) is 25.7 Å². The Balaban J connectivity index is 1.89. The molecule has 1 unspecified atom stereocenters. The Hall–Kier alpha value is -3.34. The zero-order valence-electron chi connectivity index (χ0n) is 21.3. The van der Waals surface area contributed by atoms with Gasteiger partial charge in [0.05, 0.1) is 19.9 Å². The molecule has 0 fully saturated rings. The molecule has 11 nitrogen and oxygen atoms in total. The molecule has 0 bridgehead atoms. The summed E-state index contributed by atoms with van der Waals surface area (Å²) in [6, 6.07) is 0. The number of rotatable bonds is 17. The molecule has 0 saturated heterocycles.